The molecule has 1 aliphatic rings. The van der Waals surface area contributed by atoms with Gasteiger partial charge in [0.05, 0.1) is 16.8 Å². The highest BCUT2D eigenvalue weighted by molar-refractivity contribution is 5.95. The lowest BCUT2D eigenvalue weighted by molar-refractivity contribution is -0.137. The predicted octanol–water partition coefficient (Wildman–Crippen LogP) is 2.93. The maximum Gasteiger partial charge on any atom is 0.416 e. The summed E-state index contributed by atoms with van der Waals surface area (Å²) < 4.78 is 37.3. The molecule has 2 rings (SSSR count). The molecule has 0 spiro atoms. The van der Waals surface area contributed by atoms with Crippen LogP contribution in [0.1, 0.15) is 24.0 Å². The van der Waals surface area contributed by atoms with Gasteiger partial charge in [0.15, 0.2) is 0 Å². The lowest BCUT2D eigenvalue weighted by Crippen LogP contribution is -2.15. The van der Waals surface area contributed by atoms with Gasteiger partial charge in [0, 0.05) is 5.92 Å². The van der Waals surface area contributed by atoms with Crippen LogP contribution in [0.5, 0.6) is 0 Å². The second-order valence-corrected chi connectivity index (χ2v) is 4.13. The minimum atomic E-state index is -4.50. The van der Waals surface area contributed by atoms with E-state index in [0.29, 0.717) is 0 Å². The third kappa shape index (κ3) is 2.62. The average Bonchev–Trinajstić information content (AvgIpc) is 3.11. The summed E-state index contributed by atoms with van der Waals surface area (Å²) in [7, 11) is 0. The zero-order valence-electron chi connectivity index (χ0n) is 9.21. The van der Waals surface area contributed by atoms with Gasteiger partial charge in [-0.3, -0.25) is 4.79 Å². The van der Waals surface area contributed by atoms with Crippen LogP contribution >= 0.6 is 0 Å². The summed E-state index contributed by atoms with van der Waals surface area (Å²) in [6.45, 7) is 0. The van der Waals surface area contributed by atoms with Gasteiger partial charge in [-0.15, -0.1) is 0 Å². The van der Waals surface area contributed by atoms with Gasteiger partial charge < -0.3 is 5.32 Å². The molecule has 1 saturated carbocycles. The van der Waals surface area contributed by atoms with Gasteiger partial charge >= 0.3 is 6.18 Å². The van der Waals surface area contributed by atoms with Crippen LogP contribution in [0.15, 0.2) is 18.2 Å². The van der Waals surface area contributed by atoms with Crippen LogP contribution < -0.4 is 5.32 Å². The minimum Gasteiger partial charge on any atom is -0.325 e. The summed E-state index contributed by atoms with van der Waals surface area (Å²) in [5, 5.41) is 11.3. The van der Waals surface area contributed by atoms with Crippen molar-refractivity contribution in [3.05, 3.63) is 29.3 Å². The van der Waals surface area contributed by atoms with E-state index in [1.807, 2.05) is 0 Å². The molecule has 0 bridgehead atoms. The Morgan fingerprint density at radius 3 is 2.56 bits per heavy atom. The van der Waals surface area contributed by atoms with Crippen molar-refractivity contribution in [1.29, 1.82) is 5.26 Å². The Bertz CT molecular complexity index is 527. The van der Waals surface area contributed by atoms with Gasteiger partial charge in [-0.1, -0.05) is 0 Å². The fourth-order valence-corrected chi connectivity index (χ4v) is 1.50. The van der Waals surface area contributed by atoms with Gasteiger partial charge in [0.2, 0.25) is 5.91 Å². The molecule has 94 valence electrons. The molecular formula is C12H9F3N2O. The standard InChI is InChI=1S/C12H9F3N2O/c13-12(14,15)9-3-4-10(8(5-9)6-16)17-11(18)7-1-2-7/h3-5,7H,1-2H2,(H,17,18). The van der Waals surface area contributed by atoms with E-state index in [-0.39, 0.29) is 23.1 Å². The molecule has 18 heavy (non-hydrogen) atoms. The maximum atomic E-state index is 12.4. The van der Waals surface area contributed by atoms with E-state index >= 15 is 0 Å². The number of carbonyl (C=O) groups excluding carboxylic acids is 1. The number of rotatable bonds is 2. The number of nitriles is 1. The van der Waals surface area contributed by atoms with E-state index < -0.39 is 11.7 Å². The third-order valence-corrected chi connectivity index (χ3v) is 2.67. The Morgan fingerprint density at radius 2 is 2.06 bits per heavy atom. The summed E-state index contributed by atoms with van der Waals surface area (Å²) in [5.41, 5.74) is -0.954. The number of hydrogen-bond donors (Lipinski definition) is 1. The zero-order valence-corrected chi connectivity index (χ0v) is 9.21. The van der Waals surface area contributed by atoms with Crippen molar-refractivity contribution in [2.75, 3.05) is 5.32 Å². The molecule has 1 aromatic carbocycles. The van der Waals surface area contributed by atoms with Crippen molar-refractivity contribution < 1.29 is 18.0 Å². The molecular weight excluding hydrogens is 245 g/mol. The number of anilines is 1. The highest BCUT2D eigenvalue weighted by Gasteiger charge is 2.32. The smallest absolute Gasteiger partial charge is 0.325 e. The first-order valence-electron chi connectivity index (χ1n) is 5.34. The normalized spacial score (nSPS) is 15.0. The fraction of sp³-hybridized carbons (Fsp3) is 0.333. The van der Waals surface area contributed by atoms with Crippen molar-refractivity contribution in [1.82, 2.24) is 0 Å². The number of alkyl halides is 3. The number of carbonyl (C=O) groups is 1. The van der Waals surface area contributed by atoms with Crippen LogP contribution in [0.2, 0.25) is 0 Å². The highest BCUT2D eigenvalue weighted by atomic mass is 19.4. The first-order chi connectivity index (χ1) is 8.41. The molecule has 6 heteroatoms. The number of amides is 1. The van der Waals surface area contributed by atoms with E-state index in [1.54, 1.807) is 6.07 Å². The number of halogens is 3. The Kier molecular flexibility index (Phi) is 2.99. The second-order valence-electron chi connectivity index (χ2n) is 4.13. The summed E-state index contributed by atoms with van der Waals surface area (Å²) >= 11 is 0. The molecule has 0 aromatic heterocycles. The SMILES string of the molecule is N#Cc1cc(C(F)(F)F)ccc1NC(=O)C1CC1. The van der Waals surface area contributed by atoms with Crippen LogP contribution in [0, 0.1) is 17.2 Å². The van der Waals surface area contributed by atoms with Crippen molar-refractivity contribution >= 4 is 11.6 Å². The molecule has 1 amide bonds. The largest absolute Gasteiger partial charge is 0.416 e. The van der Waals surface area contributed by atoms with E-state index in [2.05, 4.69) is 5.32 Å². The maximum absolute atomic E-state index is 12.4. The first kappa shape index (κ1) is 12.4. The summed E-state index contributed by atoms with van der Waals surface area (Å²) in [6, 6.07) is 4.36. The number of nitrogens with zero attached hydrogens (tertiary/aromatic N) is 1. The Labute approximate surface area is 101 Å². The van der Waals surface area contributed by atoms with Gasteiger partial charge in [0.1, 0.15) is 6.07 Å². The van der Waals surface area contributed by atoms with Crippen molar-refractivity contribution in [2.45, 2.75) is 19.0 Å². The molecule has 0 heterocycles. The first-order valence-corrected chi connectivity index (χ1v) is 5.34. The lowest BCUT2D eigenvalue weighted by Gasteiger charge is -2.10. The number of hydrogen-bond acceptors (Lipinski definition) is 2. The van der Waals surface area contributed by atoms with Crippen molar-refractivity contribution in [3.63, 3.8) is 0 Å². The van der Waals surface area contributed by atoms with Crippen molar-refractivity contribution in [2.24, 2.45) is 5.92 Å². The zero-order chi connectivity index (χ0) is 13.3. The van der Waals surface area contributed by atoms with Gasteiger partial charge in [-0.25, -0.2) is 0 Å². The Morgan fingerprint density at radius 1 is 1.39 bits per heavy atom. The molecule has 1 aromatic rings. The predicted molar refractivity (Wildman–Crippen MR) is 57.5 cm³/mol. The minimum absolute atomic E-state index is 0.0705. The average molecular weight is 254 g/mol. The highest BCUT2D eigenvalue weighted by Crippen LogP contribution is 2.33. The van der Waals surface area contributed by atoms with E-state index in [1.165, 1.54) is 0 Å². The molecule has 1 N–H and O–H groups in total. The second kappa shape index (κ2) is 4.33. The van der Waals surface area contributed by atoms with E-state index in [0.717, 1.165) is 31.0 Å². The molecule has 0 atom stereocenters. The quantitative estimate of drug-likeness (QED) is 0.882. The van der Waals surface area contributed by atoms with Gasteiger partial charge in [-0.05, 0) is 31.0 Å². The molecule has 0 unspecified atom stereocenters. The van der Waals surface area contributed by atoms with Gasteiger partial charge in [-0.2, -0.15) is 18.4 Å². The van der Waals surface area contributed by atoms with Crippen LogP contribution in [-0.2, 0) is 11.0 Å². The summed E-state index contributed by atoms with van der Waals surface area (Å²) in [4.78, 5) is 11.5. The fourth-order valence-electron chi connectivity index (χ4n) is 1.50. The van der Waals surface area contributed by atoms with Crippen LogP contribution in [0.4, 0.5) is 18.9 Å². The van der Waals surface area contributed by atoms with Gasteiger partial charge in [0.25, 0.3) is 0 Å². The number of benzene rings is 1. The Balaban J connectivity index is 2.26. The molecule has 1 fully saturated rings. The summed E-state index contributed by atoms with van der Waals surface area (Å²) in [6.07, 6.45) is -2.92. The molecule has 0 saturated heterocycles. The van der Waals surface area contributed by atoms with E-state index in [4.69, 9.17) is 5.26 Å². The van der Waals surface area contributed by atoms with E-state index in [9.17, 15) is 18.0 Å². The molecule has 0 radical (unpaired) electrons. The lowest BCUT2D eigenvalue weighted by atomic mass is 10.1. The summed E-state index contributed by atoms with van der Waals surface area (Å²) in [5.74, 6) is -0.315. The van der Waals surface area contributed by atoms with Crippen molar-refractivity contribution in [3.8, 4) is 6.07 Å². The molecule has 3 nitrogen and oxygen atoms in total. The Hall–Kier alpha value is -2.03. The van der Waals surface area contributed by atoms with Crippen LogP contribution in [0.3, 0.4) is 0 Å². The topological polar surface area (TPSA) is 52.9 Å². The third-order valence-electron chi connectivity index (χ3n) is 2.67. The molecule has 0 aliphatic heterocycles. The monoisotopic (exact) mass is 254 g/mol. The number of nitrogens with one attached hydrogen (secondary N) is 1. The van der Waals surface area contributed by atoms with Crippen LogP contribution in [0.25, 0.3) is 0 Å². The van der Waals surface area contributed by atoms with Crippen LogP contribution in [-0.4, -0.2) is 5.91 Å². The molecule has 1 aliphatic carbocycles.